The molecule has 1 heterocycles. The summed E-state index contributed by atoms with van der Waals surface area (Å²) in [5.41, 5.74) is 1.15. The molecule has 0 bridgehead atoms. The van der Waals surface area contributed by atoms with E-state index in [-0.39, 0.29) is 17.9 Å². The van der Waals surface area contributed by atoms with Crippen LogP contribution < -0.4 is 15.4 Å². The SMILES string of the molecule is Cc1ccc(OC(C)C(=O)NCC2CNCC2O)cc1. The van der Waals surface area contributed by atoms with E-state index in [4.69, 9.17) is 4.74 Å². The number of hydrogen-bond acceptors (Lipinski definition) is 4. The van der Waals surface area contributed by atoms with Gasteiger partial charge in [-0.1, -0.05) is 17.7 Å². The number of hydrogen-bond donors (Lipinski definition) is 3. The molecule has 20 heavy (non-hydrogen) atoms. The van der Waals surface area contributed by atoms with E-state index in [1.807, 2.05) is 31.2 Å². The van der Waals surface area contributed by atoms with Crippen molar-refractivity contribution in [3.05, 3.63) is 29.8 Å². The van der Waals surface area contributed by atoms with Gasteiger partial charge >= 0.3 is 0 Å². The first-order valence-corrected chi connectivity index (χ1v) is 6.96. The molecule has 0 spiro atoms. The highest BCUT2D eigenvalue weighted by molar-refractivity contribution is 5.80. The molecule has 1 amide bonds. The van der Waals surface area contributed by atoms with Crippen molar-refractivity contribution in [2.45, 2.75) is 26.1 Å². The van der Waals surface area contributed by atoms with Crippen molar-refractivity contribution in [1.29, 1.82) is 0 Å². The van der Waals surface area contributed by atoms with Crippen molar-refractivity contribution in [2.24, 2.45) is 5.92 Å². The minimum atomic E-state index is -0.552. The average Bonchev–Trinajstić information content (AvgIpc) is 2.84. The fourth-order valence-electron chi connectivity index (χ4n) is 2.18. The quantitative estimate of drug-likeness (QED) is 0.732. The number of carbonyl (C=O) groups is 1. The number of carbonyl (C=O) groups excluding carboxylic acids is 1. The molecule has 0 aliphatic carbocycles. The predicted molar refractivity (Wildman–Crippen MR) is 76.6 cm³/mol. The van der Waals surface area contributed by atoms with Gasteiger partial charge in [0.25, 0.3) is 5.91 Å². The maximum absolute atomic E-state index is 11.9. The lowest BCUT2D eigenvalue weighted by Gasteiger charge is -2.18. The van der Waals surface area contributed by atoms with Gasteiger partial charge in [-0.15, -0.1) is 0 Å². The summed E-state index contributed by atoms with van der Waals surface area (Å²) in [6, 6.07) is 7.59. The van der Waals surface area contributed by atoms with Crippen LogP contribution in [0.1, 0.15) is 12.5 Å². The molecule has 1 aromatic rings. The summed E-state index contributed by atoms with van der Waals surface area (Å²) < 4.78 is 5.58. The van der Waals surface area contributed by atoms with Crippen LogP contribution in [0.25, 0.3) is 0 Å². The van der Waals surface area contributed by atoms with Gasteiger partial charge in [-0.05, 0) is 26.0 Å². The van der Waals surface area contributed by atoms with Crippen LogP contribution in [0, 0.1) is 12.8 Å². The van der Waals surface area contributed by atoms with Gasteiger partial charge in [-0.3, -0.25) is 4.79 Å². The third-order valence-electron chi connectivity index (χ3n) is 3.55. The summed E-state index contributed by atoms with van der Waals surface area (Å²) in [7, 11) is 0. The number of aliphatic hydroxyl groups excluding tert-OH is 1. The van der Waals surface area contributed by atoms with E-state index in [0.717, 1.165) is 12.1 Å². The van der Waals surface area contributed by atoms with Gasteiger partial charge in [0.1, 0.15) is 5.75 Å². The summed E-state index contributed by atoms with van der Waals surface area (Å²) in [6.07, 6.45) is -0.937. The molecule has 0 aromatic heterocycles. The van der Waals surface area contributed by atoms with Gasteiger partial charge in [0.2, 0.25) is 0 Å². The van der Waals surface area contributed by atoms with Gasteiger partial charge in [-0.25, -0.2) is 0 Å². The van der Waals surface area contributed by atoms with Crippen LogP contribution in [-0.2, 0) is 4.79 Å². The van der Waals surface area contributed by atoms with Crippen LogP contribution in [0.3, 0.4) is 0 Å². The molecule has 5 nitrogen and oxygen atoms in total. The Bertz CT molecular complexity index is 447. The van der Waals surface area contributed by atoms with Crippen LogP contribution in [0.15, 0.2) is 24.3 Å². The predicted octanol–water partition coefficient (Wildman–Crippen LogP) is 0.459. The summed E-state index contributed by atoms with van der Waals surface area (Å²) in [5.74, 6) is 0.594. The Morgan fingerprint density at radius 1 is 1.45 bits per heavy atom. The van der Waals surface area contributed by atoms with Gasteiger partial charge < -0.3 is 20.5 Å². The topological polar surface area (TPSA) is 70.6 Å². The van der Waals surface area contributed by atoms with Crippen molar-refractivity contribution >= 4 is 5.91 Å². The van der Waals surface area contributed by atoms with Gasteiger partial charge in [0, 0.05) is 25.6 Å². The van der Waals surface area contributed by atoms with Crippen molar-refractivity contribution in [2.75, 3.05) is 19.6 Å². The largest absolute Gasteiger partial charge is 0.481 e. The number of ether oxygens (including phenoxy) is 1. The van der Waals surface area contributed by atoms with Crippen molar-refractivity contribution in [3.63, 3.8) is 0 Å². The average molecular weight is 278 g/mol. The molecule has 1 aliphatic heterocycles. The van der Waals surface area contributed by atoms with E-state index in [1.165, 1.54) is 0 Å². The molecule has 0 radical (unpaired) electrons. The third kappa shape index (κ3) is 3.95. The molecule has 1 fully saturated rings. The molecule has 0 saturated carbocycles. The van der Waals surface area contributed by atoms with E-state index in [9.17, 15) is 9.90 Å². The molecule has 3 atom stereocenters. The Kier molecular flexibility index (Phi) is 4.98. The van der Waals surface area contributed by atoms with Crippen LogP contribution >= 0.6 is 0 Å². The molecule has 1 saturated heterocycles. The minimum absolute atomic E-state index is 0.0746. The lowest BCUT2D eigenvalue weighted by Crippen LogP contribution is -2.41. The van der Waals surface area contributed by atoms with Crippen molar-refractivity contribution < 1.29 is 14.6 Å². The number of aryl methyl sites for hydroxylation is 1. The Morgan fingerprint density at radius 3 is 2.75 bits per heavy atom. The summed E-state index contributed by atoms with van der Waals surface area (Å²) in [5, 5.41) is 15.6. The standard InChI is InChI=1S/C15H22N2O3/c1-10-3-5-13(6-4-10)20-11(2)15(19)17-8-12-7-16-9-14(12)18/h3-6,11-12,14,16,18H,7-9H2,1-2H3,(H,17,19). The van der Waals surface area contributed by atoms with Crippen LogP contribution in [-0.4, -0.2) is 42.9 Å². The highest BCUT2D eigenvalue weighted by Crippen LogP contribution is 2.13. The van der Waals surface area contributed by atoms with Crippen molar-refractivity contribution in [1.82, 2.24) is 10.6 Å². The number of β-amino-alcohol motifs (C(OH)–C–C–N with tert-alkyl or cyclic N) is 1. The van der Waals surface area contributed by atoms with E-state index in [1.54, 1.807) is 6.92 Å². The second-order valence-electron chi connectivity index (χ2n) is 5.30. The first-order chi connectivity index (χ1) is 9.56. The molecule has 3 N–H and O–H groups in total. The van der Waals surface area contributed by atoms with E-state index < -0.39 is 6.10 Å². The highest BCUT2D eigenvalue weighted by atomic mass is 16.5. The first kappa shape index (κ1) is 14.8. The van der Waals surface area contributed by atoms with E-state index in [2.05, 4.69) is 10.6 Å². The number of nitrogens with one attached hydrogen (secondary N) is 2. The molecule has 2 rings (SSSR count). The molecule has 5 heteroatoms. The Labute approximate surface area is 119 Å². The smallest absolute Gasteiger partial charge is 0.260 e. The summed E-state index contributed by atoms with van der Waals surface area (Å²) in [4.78, 5) is 11.9. The lowest BCUT2D eigenvalue weighted by molar-refractivity contribution is -0.127. The molecule has 3 unspecified atom stereocenters. The lowest BCUT2D eigenvalue weighted by atomic mass is 10.1. The number of amides is 1. The molecule has 1 aromatic carbocycles. The molecular weight excluding hydrogens is 256 g/mol. The fraction of sp³-hybridized carbons (Fsp3) is 0.533. The van der Waals surface area contributed by atoms with Gasteiger partial charge in [0.05, 0.1) is 6.10 Å². The monoisotopic (exact) mass is 278 g/mol. The van der Waals surface area contributed by atoms with Crippen LogP contribution in [0.4, 0.5) is 0 Å². The maximum Gasteiger partial charge on any atom is 0.260 e. The first-order valence-electron chi connectivity index (χ1n) is 6.96. The fourth-order valence-corrected chi connectivity index (χ4v) is 2.18. The van der Waals surface area contributed by atoms with Crippen LogP contribution in [0.2, 0.25) is 0 Å². The van der Waals surface area contributed by atoms with E-state index >= 15 is 0 Å². The third-order valence-corrected chi connectivity index (χ3v) is 3.55. The zero-order chi connectivity index (χ0) is 14.5. The second kappa shape index (κ2) is 6.72. The summed E-state index contributed by atoms with van der Waals surface area (Å²) in [6.45, 7) is 5.51. The Hall–Kier alpha value is -1.59. The zero-order valence-electron chi connectivity index (χ0n) is 11.9. The Morgan fingerprint density at radius 2 is 2.15 bits per heavy atom. The van der Waals surface area contributed by atoms with Gasteiger partial charge in [-0.2, -0.15) is 0 Å². The minimum Gasteiger partial charge on any atom is -0.481 e. The molecule has 1 aliphatic rings. The maximum atomic E-state index is 11.9. The van der Waals surface area contributed by atoms with Crippen LogP contribution in [0.5, 0.6) is 5.75 Å². The Balaban J connectivity index is 1.78. The normalized spacial score (nSPS) is 23.4. The molecular formula is C15H22N2O3. The zero-order valence-corrected chi connectivity index (χ0v) is 11.9. The highest BCUT2D eigenvalue weighted by Gasteiger charge is 2.26. The number of rotatable bonds is 5. The number of aliphatic hydroxyl groups is 1. The summed E-state index contributed by atoms with van der Waals surface area (Å²) >= 11 is 0. The van der Waals surface area contributed by atoms with Crippen molar-refractivity contribution in [3.8, 4) is 5.75 Å². The second-order valence-corrected chi connectivity index (χ2v) is 5.30. The molecule has 110 valence electrons. The van der Waals surface area contributed by atoms with Gasteiger partial charge in [0.15, 0.2) is 6.10 Å². The number of benzene rings is 1. The van der Waals surface area contributed by atoms with E-state index in [0.29, 0.717) is 18.8 Å².